The van der Waals surface area contributed by atoms with E-state index >= 15 is 0 Å². The molecule has 0 aromatic rings. The SMILES string of the molecule is CCCCCCN=CC1=C(O)[C@@H](C(=O)OC)C(C)(C)CC1=O. The fourth-order valence-corrected chi connectivity index (χ4v) is 2.75. The predicted molar refractivity (Wildman–Crippen MR) is 86.1 cm³/mol. The highest BCUT2D eigenvalue weighted by molar-refractivity contribution is 6.15. The average molecular weight is 309 g/mol. The van der Waals surface area contributed by atoms with E-state index in [0.29, 0.717) is 6.54 Å². The molecule has 0 saturated heterocycles. The van der Waals surface area contributed by atoms with E-state index in [-0.39, 0.29) is 23.5 Å². The summed E-state index contributed by atoms with van der Waals surface area (Å²) in [6.07, 6.45) is 5.98. The van der Waals surface area contributed by atoms with Gasteiger partial charge in [0.2, 0.25) is 0 Å². The Balaban J connectivity index is 2.88. The molecule has 0 amide bonds. The lowest BCUT2D eigenvalue weighted by atomic mass is 9.68. The largest absolute Gasteiger partial charge is 0.511 e. The van der Waals surface area contributed by atoms with Gasteiger partial charge in [-0.3, -0.25) is 14.6 Å². The van der Waals surface area contributed by atoms with Crippen molar-refractivity contribution in [2.75, 3.05) is 13.7 Å². The van der Waals surface area contributed by atoms with Gasteiger partial charge < -0.3 is 9.84 Å². The van der Waals surface area contributed by atoms with Gasteiger partial charge in [-0.15, -0.1) is 0 Å². The molecule has 0 aromatic heterocycles. The van der Waals surface area contributed by atoms with Gasteiger partial charge in [0.05, 0.1) is 12.7 Å². The molecular weight excluding hydrogens is 282 g/mol. The first-order valence-corrected chi connectivity index (χ1v) is 7.89. The van der Waals surface area contributed by atoms with E-state index < -0.39 is 17.3 Å². The Labute approximate surface area is 132 Å². The van der Waals surface area contributed by atoms with Crippen LogP contribution < -0.4 is 0 Å². The van der Waals surface area contributed by atoms with Gasteiger partial charge in [0.25, 0.3) is 0 Å². The third-order valence-corrected chi connectivity index (χ3v) is 4.05. The molecule has 1 aliphatic carbocycles. The number of ketones is 1. The minimum absolute atomic E-state index is 0.144. The zero-order valence-electron chi connectivity index (χ0n) is 14.0. The lowest BCUT2D eigenvalue weighted by Gasteiger charge is -2.35. The quantitative estimate of drug-likeness (QED) is 0.445. The first-order chi connectivity index (χ1) is 10.3. The molecule has 0 radical (unpaired) electrons. The zero-order valence-corrected chi connectivity index (χ0v) is 14.0. The molecule has 1 rings (SSSR count). The lowest BCUT2D eigenvalue weighted by Crippen LogP contribution is -2.40. The van der Waals surface area contributed by atoms with Gasteiger partial charge in [-0.25, -0.2) is 0 Å². The van der Waals surface area contributed by atoms with Crippen LogP contribution in [0.2, 0.25) is 0 Å². The number of hydrogen-bond acceptors (Lipinski definition) is 5. The molecule has 1 aliphatic rings. The number of esters is 1. The Morgan fingerprint density at radius 1 is 1.41 bits per heavy atom. The molecule has 5 nitrogen and oxygen atoms in total. The van der Waals surface area contributed by atoms with Crippen LogP contribution in [-0.4, -0.2) is 36.7 Å². The third-order valence-electron chi connectivity index (χ3n) is 4.05. The summed E-state index contributed by atoms with van der Waals surface area (Å²) in [5, 5.41) is 10.3. The van der Waals surface area contributed by atoms with Crippen LogP contribution in [0.25, 0.3) is 0 Å². The summed E-state index contributed by atoms with van der Waals surface area (Å²) in [5.74, 6) is -1.74. The first kappa shape index (κ1) is 18.4. The number of Topliss-reactive ketones (excluding diaryl/α,β-unsaturated/α-hetero) is 1. The van der Waals surface area contributed by atoms with E-state index in [1.54, 1.807) is 13.8 Å². The average Bonchev–Trinajstić information content (AvgIpc) is 2.44. The number of unbranched alkanes of at least 4 members (excludes halogenated alkanes) is 3. The summed E-state index contributed by atoms with van der Waals surface area (Å²) in [7, 11) is 1.28. The maximum Gasteiger partial charge on any atom is 0.316 e. The number of aliphatic hydroxyl groups excluding tert-OH is 1. The van der Waals surface area contributed by atoms with Crippen molar-refractivity contribution in [1.29, 1.82) is 0 Å². The smallest absolute Gasteiger partial charge is 0.316 e. The molecule has 1 atom stereocenters. The van der Waals surface area contributed by atoms with Crippen molar-refractivity contribution in [3.8, 4) is 0 Å². The zero-order chi connectivity index (χ0) is 16.8. The molecule has 0 heterocycles. The Kier molecular flexibility index (Phi) is 6.78. The minimum Gasteiger partial charge on any atom is -0.511 e. The van der Waals surface area contributed by atoms with Crippen molar-refractivity contribution >= 4 is 18.0 Å². The van der Waals surface area contributed by atoms with Crippen LogP contribution in [-0.2, 0) is 14.3 Å². The fraction of sp³-hybridized carbons (Fsp3) is 0.706. The molecule has 0 aliphatic heterocycles. The van der Waals surface area contributed by atoms with Crippen LogP contribution in [0.1, 0.15) is 52.9 Å². The number of allylic oxidation sites excluding steroid dienone is 1. The molecule has 0 unspecified atom stereocenters. The van der Waals surface area contributed by atoms with Gasteiger partial charge in [0.15, 0.2) is 5.78 Å². The van der Waals surface area contributed by atoms with E-state index in [1.165, 1.54) is 19.7 Å². The third kappa shape index (κ3) is 4.42. The number of nitrogens with zero attached hydrogens (tertiary/aromatic N) is 1. The van der Waals surface area contributed by atoms with Gasteiger partial charge in [-0.1, -0.05) is 40.0 Å². The van der Waals surface area contributed by atoms with Crippen LogP contribution in [0.4, 0.5) is 0 Å². The first-order valence-electron chi connectivity index (χ1n) is 7.89. The summed E-state index contributed by atoms with van der Waals surface area (Å²) < 4.78 is 4.76. The van der Waals surface area contributed by atoms with Crippen LogP contribution >= 0.6 is 0 Å². The second kappa shape index (κ2) is 8.11. The molecule has 5 heteroatoms. The van der Waals surface area contributed by atoms with Crippen LogP contribution in [0, 0.1) is 11.3 Å². The number of ether oxygens (including phenoxy) is 1. The number of carbonyl (C=O) groups excluding carboxylic acids is 2. The number of hydrogen-bond donors (Lipinski definition) is 1. The summed E-state index contributed by atoms with van der Waals surface area (Å²) >= 11 is 0. The second-order valence-electron chi connectivity index (χ2n) is 6.44. The van der Waals surface area contributed by atoms with Crippen LogP contribution in [0.5, 0.6) is 0 Å². The fourth-order valence-electron chi connectivity index (χ4n) is 2.75. The standard InChI is InChI=1S/C17H27NO4/c1-5-6-7-8-9-18-11-12-13(19)10-17(2,3)14(15(12)20)16(21)22-4/h11,14,20H,5-10H2,1-4H3/t14-/m0/s1. The van der Waals surface area contributed by atoms with Gasteiger partial charge in [0.1, 0.15) is 11.7 Å². The highest BCUT2D eigenvalue weighted by atomic mass is 16.5. The molecular formula is C17H27NO4. The topological polar surface area (TPSA) is 76.0 Å². The Hall–Kier alpha value is -1.65. The molecule has 0 spiro atoms. The number of carbonyl (C=O) groups is 2. The van der Waals surface area contributed by atoms with Gasteiger partial charge >= 0.3 is 5.97 Å². The van der Waals surface area contributed by atoms with Crippen LogP contribution in [0.3, 0.4) is 0 Å². The normalized spacial score (nSPS) is 21.5. The Morgan fingerprint density at radius 2 is 2.09 bits per heavy atom. The lowest BCUT2D eigenvalue weighted by molar-refractivity contribution is -0.150. The monoisotopic (exact) mass is 309 g/mol. The van der Waals surface area contributed by atoms with Crippen molar-refractivity contribution in [3.05, 3.63) is 11.3 Å². The second-order valence-corrected chi connectivity index (χ2v) is 6.44. The highest BCUT2D eigenvalue weighted by Gasteiger charge is 2.46. The molecule has 0 saturated carbocycles. The van der Waals surface area contributed by atoms with Gasteiger partial charge in [-0.2, -0.15) is 0 Å². The van der Waals surface area contributed by atoms with Gasteiger partial charge in [0, 0.05) is 19.2 Å². The summed E-state index contributed by atoms with van der Waals surface area (Å²) in [6.45, 7) is 6.32. The number of rotatable bonds is 7. The highest BCUT2D eigenvalue weighted by Crippen LogP contribution is 2.41. The van der Waals surface area contributed by atoms with E-state index in [9.17, 15) is 14.7 Å². The van der Waals surface area contributed by atoms with E-state index in [4.69, 9.17) is 4.74 Å². The maximum atomic E-state index is 12.2. The maximum absolute atomic E-state index is 12.2. The minimum atomic E-state index is -0.822. The molecule has 0 bridgehead atoms. The number of aliphatic imine (C=N–C) groups is 1. The molecule has 0 aromatic carbocycles. The Bertz CT molecular complexity index is 477. The molecule has 22 heavy (non-hydrogen) atoms. The van der Waals surface area contributed by atoms with E-state index in [2.05, 4.69) is 11.9 Å². The van der Waals surface area contributed by atoms with Crippen molar-refractivity contribution in [1.82, 2.24) is 0 Å². The van der Waals surface area contributed by atoms with Crippen molar-refractivity contribution in [2.24, 2.45) is 16.3 Å². The van der Waals surface area contributed by atoms with E-state index in [1.807, 2.05) is 0 Å². The summed E-state index contributed by atoms with van der Waals surface area (Å²) in [4.78, 5) is 28.3. The predicted octanol–water partition coefficient (Wildman–Crippen LogP) is 3.24. The number of aliphatic hydroxyl groups is 1. The molecule has 124 valence electrons. The number of methoxy groups -OCH3 is 1. The Morgan fingerprint density at radius 3 is 2.68 bits per heavy atom. The molecule has 0 fully saturated rings. The van der Waals surface area contributed by atoms with Crippen molar-refractivity contribution in [3.63, 3.8) is 0 Å². The van der Waals surface area contributed by atoms with E-state index in [0.717, 1.165) is 19.3 Å². The van der Waals surface area contributed by atoms with Crippen LogP contribution in [0.15, 0.2) is 16.3 Å². The summed E-state index contributed by atoms with van der Waals surface area (Å²) in [6, 6.07) is 0. The van der Waals surface area contributed by atoms with Gasteiger partial charge in [-0.05, 0) is 11.8 Å². The van der Waals surface area contributed by atoms with Crippen molar-refractivity contribution in [2.45, 2.75) is 52.9 Å². The summed E-state index contributed by atoms with van der Waals surface area (Å²) in [5.41, 5.74) is -0.516. The van der Waals surface area contributed by atoms with Crippen molar-refractivity contribution < 1.29 is 19.4 Å². The molecule has 1 N–H and O–H groups in total.